The normalized spacial score (nSPS) is 9.44. The molecule has 32 heavy (non-hydrogen) atoms. The fraction of sp³-hybridized carbons (Fsp3) is 0.333. The fourth-order valence-corrected chi connectivity index (χ4v) is 2.39. The summed E-state index contributed by atoms with van der Waals surface area (Å²) < 4.78 is 0.773. The van der Waals surface area contributed by atoms with Gasteiger partial charge in [-0.05, 0) is 68.7 Å². The van der Waals surface area contributed by atoms with Gasteiger partial charge in [-0.3, -0.25) is 0 Å². The minimum Gasteiger partial charge on any atom is -0.376 e. The van der Waals surface area contributed by atoms with Crippen molar-refractivity contribution < 1.29 is 23.4 Å². The summed E-state index contributed by atoms with van der Waals surface area (Å²) in [6.45, 7) is 9.14. The molecule has 0 unspecified atom stereocenters. The number of carbonyl (C=O) groups is 1. The number of alkyl halides is 2. The van der Waals surface area contributed by atoms with Crippen molar-refractivity contribution in [3.8, 4) is 12.1 Å². The monoisotopic (exact) mass is 713 g/mol. The Morgan fingerprint density at radius 1 is 1.03 bits per heavy atom. The molecule has 173 valence electrons. The van der Waals surface area contributed by atoms with Gasteiger partial charge in [0, 0.05) is 24.2 Å². The summed E-state index contributed by atoms with van der Waals surface area (Å²) in [6, 6.07) is 18.5. The third-order valence-electron chi connectivity index (χ3n) is 3.34. The molecule has 1 atom stereocenters. The predicted molar refractivity (Wildman–Crippen MR) is 152 cm³/mol. The molecule has 2 aromatic carbocycles. The summed E-state index contributed by atoms with van der Waals surface area (Å²) in [5.41, 5.74) is 3.41. The van der Waals surface area contributed by atoms with Gasteiger partial charge in [-0.2, -0.15) is 29.2 Å². The first kappa shape index (κ1) is 35.9. The number of hydrogen-bond acceptors (Lipinski definition) is 5. The molecule has 2 aromatic rings. The van der Waals surface area contributed by atoms with E-state index in [4.69, 9.17) is 10.5 Å². The molecule has 2 rings (SSSR count). The summed E-state index contributed by atoms with van der Waals surface area (Å²) in [5.74, 6) is 0.951. The summed E-state index contributed by atoms with van der Waals surface area (Å²) in [5, 5.41) is 20.1. The summed E-state index contributed by atoms with van der Waals surface area (Å²) in [4.78, 5) is 10.8. The van der Waals surface area contributed by atoms with Gasteiger partial charge >= 0.3 is 0 Å². The van der Waals surface area contributed by atoms with Crippen molar-refractivity contribution in [2.24, 2.45) is 0 Å². The Bertz CT molecular complexity index is 786. The van der Waals surface area contributed by atoms with Crippen molar-refractivity contribution >= 4 is 68.9 Å². The maximum absolute atomic E-state index is 10.8. The Morgan fingerprint density at radius 3 is 1.78 bits per heavy atom. The van der Waals surface area contributed by atoms with E-state index in [-0.39, 0.29) is 24.6 Å². The number of thioether (sulfide) groups is 1. The van der Waals surface area contributed by atoms with E-state index in [1.54, 1.807) is 30.8 Å². The van der Waals surface area contributed by atoms with E-state index in [9.17, 15) is 4.79 Å². The number of hydrogen-bond donors (Lipinski definition) is 1. The van der Waals surface area contributed by atoms with Crippen molar-refractivity contribution in [2.75, 3.05) is 17.3 Å². The zero-order valence-corrected chi connectivity index (χ0v) is 25.4. The van der Waals surface area contributed by atoms with Crippen LogP contribution in [0.4, 0.5) is 5.69 Å². The molecular formula is C24H30I2N3OSV-. The van der Waals surface area contributed by atoms with Gasteiger partial charge in [0.1, 0.15) is 6.29 Å². The van der Waals surface area contributed by atoms with Gasteiger partial charge in [-0.1, -0.05) is 62.9 Å². The molecule has 4 nitrogen and oxygen atoms in total. The van der Waals surface area contributed by atoms with Crippen molar-refractivity contribution in [1.82, 2.24) is 0 Å². The molecule has 0 fully saturated rings. The fourth-order valence-electron chi connectivity index (χ4n) is 1.90. The number of rotatable bonds is 6. The van der Waals surface area contributed by atoms with Crippen LogP contribution < -0.4 is 5.32 Å². The first-order valence-electron chi connectivity index (χ1n) is 9.52. The van der Waals surface area contributed by atoms with E-state index in [0.717, 1.165) is 31.6 Å². The van der Waals surface area contributed by atoms with Crippen LogP contribution in [0.25, 0.3) is 0 Å². The molecular weight excluding hydrogens is 683 g/mol. The number of anilines is 1. The molecule has 1 radical (unpaired) electrons. The SMILES string of the molecule is CC(I)I.CSCC[C@@H](C=O)Nc1ccc(C#N)cc1.Cc1ccc(C#N)cc1.[CH2-]C.[V]. The van der Waals surface area contributed by atoms with Gasteiger partial charge in [0.25, 0.3) is 0 Å². The molecule has 0 aliphatic rings. The van der Waals surface area contributed by atoms with Crippen LogP contribution in [0.2, 0.25) is 0 Å². The third-order valence-corrected chi connectivity index (χ3v) is 3.99. The maximum atomic E-state index is 10.8. The average molecular weight is 713 g/mol. The number of aldehydes is 1. The molecule has 0 aliphatic carbocycles. The summed E-state index contributed by atoms with van der Waals surface area (Å²) in [6.07, 6.45) is 3.75. The average Bonchev–Trinajstić information content (AvgIpc) is 2.79. The van der Waals surface area contributed by atoms with Crippen LogP contribution in [-0.4, -0.2) is 26.3 Å². The first-order valence-corrected chi connectivity index (χ1v) is 13.4. The molecule has 0 saturated heterocycles. The van der Waals surface area contributed by atoms with Gasteiger partial charge < -0.3 is 17.0 Å². The third kappa shape index (κ3) is 21.1. The van der Waals surface area contributed by atoms with Gasteiger partial charge in [0.15, 0.2) is 0 Å². The molecule has 0 heterocycles. The van der Waals surface area contributed by atoms with E-state index < -0.39 is 0 Å². The second kappa shape index (κ2) is 24.9. The molecule has 8 heteroatoms. The van der Waals surface area contributed by atoms with E-state index in [0.29, 0.717) is 5.56 Å². The van der Waals surface area contributed by atoms with E-state index in [1.807, 2.05) is 49.6 Å². The van der Waals surface area contributed by atoms with Crippen LogP contribution in [-0.2, 0) is 23.4 Å². The van der Waals surface area contributed by atoms with Crippen LogP contribution >= 0.6 is 56.9 Å². The predicted octanol–water partition coefficient (Wildman–Crippen LogP) is 7.20. The van der Waals surface area contributed by atoms with Crippen molar-refractivity contribution in [1.29, 1.82) is 10.5 Å². The standard InChI is InChI=1S/C12H14N2OS.C8H7N.C2H4I2.C2H5.V/c1-16-7-6-12(9-15)14-11-4-2-10(8-13)3-5-11;1-7-2-4-8(6-9)5-3-7;1-2(3)4;1-2;/h2-5,9,12,14H,6-7H2,1H3;2-5H,1H3;2H,1H3;1H2,2H3;/q;;;-1;/t12-;;;;/m0..../s1. The van der Waals surface area contributed by atoms with Gasteiger partial charge in [-0.25, -0.2) is 0 Å². The largest absolute Gasteiger partial charge is 0.376 e. The zero-order chi connectivity index (χ0) is 24.1. The minimum atomic E-state index is -0.152. The molecule has 0 spiro atoms. The maximum Gasteiger partial charge on any atom is 0.142 e. The smallest absolute Gasteiger partial charge is 0.142 e. The molecule has 1 N–H and O–H groups in total. The van der Waals surface area contributed by atoms with E-state index in [1.165, 1.54) is 5.56 Å². The van der Waals surface area contributed by atoms with Crippen molar-refractivity contribution in [2.45, 2.75) is 35.2 Å². The number of nitriles is 2. The number of halogens is 2. The Kier molecular flexibility index (Phi) is 27.9. The molecule has 0 saturated carbocycles. The van der Waals surface area contributed by atoms with Crippen LogP contribution in [0.3, 0.4) is 0 Å². The zero-order valence-electron chi connectivity index (χ0n) is 18.9. The van der Waals surface area contributed by atoms with Gasteiger partial charge in [-0.15, -0.1) is 0 Å². The second-order valence-electron chi connectivity index (χ2n) is 5.85. The first-order chi connectivity index (χ1) is 14.9. The quantitative estimate of drug-likeness (QED) is 0.149. The Hall–Kier alpha value is -0.716. The Morgan fingerprint density at radius 2 is 1.44 bits per heavy atom. The second-order valence-corrected chi connectivity index (χ2v) is 13.0. The summed E-state index contributed by atoms with van der Waals surface area (Å²) in [7, 11) is 0. The van der Waals surface area contributed by atoms with E-state index >= 15 is 0 Å². The number of aryl methyl sites for hydroxylation is 1. The Labute approximate surface area is 237 Å². The molecule has 0 aromatic heterocycles. The topological polar surface area (TPSA) is 76.7 Å². The van der Waals surface area contributed by atoms with Crippen LogP contribution in [0.15, 0.2) is 48.5 Å². The molecule has 0 aliphatic heterocycles. The number of nitrogens with zero attached hydrogens (tertiary/aromatic N) is 2. The number of carbonyl (C=O) groups excluding carboxylic acids is 1. The minimum absolute atomic E-state index is 0. The molecule has 0 amide bonds. The number of nitrogens with one attached hydrogen (secondary N) is 1. The van der Waals surface area contributed by atoms with Crippen LogP contribution in [0, 0.1) is 36.5 Å². The summed E-state index contributed by atoms with van der Waals surface area (Å²) >= 11 is 6.38. The number of benzene rings is 2. The van der Waals surface area contributed by atoms with Gasteiger partial charge in [0.2, 0.25) is 0 Å². The van der Waals surface area contributed by atoms with Crippen LogP contribution in [0.1, 0.15) is 37.0 Å². The van der Waals surface area contributed by atoms with Gasteiger partial charge in [0.05, 0.1) is 31.2 Å². The van der Waals surface area contributed by atoms with Crippen LogP contribution in [0.5, 0.6) is 0 Å². The van der Waals surface area contributed by atoms with Crippen molar-refractivity contribution in [3.05, 3.63) is 72.1 Å². The Balaban J connectivity index is -0.000000444. The van der Waals surface area contributed by atoms with Crippen molar-refractivity contribution in [3.63, 3.8) is 0 Å². The molecule has 0 bridgehead atoms. The van der Waals surface area contributed by atoms with E-state index in [2.05, 4.69) is 76.5 Å².